The highest BCUT2D eigenvalue weighted by Crippen LogP contribution is 2.35. The van der Waals surface area contributed by atoms with Crippen LogP contribution in [0.1, 0.15) is 28.4 Å². The lowest BCUT2D eigenvalue weighted by atomic mass is 10.0. The third kappa shape index (κ3) is 2.81. The first-order valence-corrected chi connectivity index (χ1v) is 7.22. The van der Waals surface area contributed by atoms with Gasteiger partial charge in [-0.2, -0.15) is 0 Å². The fourth-order valence-electron chi connectivity index (χ4n) is 2.51. The highest BCUT2D eigenvalue weighted by Gasteiger charge is 2.25. The van der Waals surface area contributed by atoms with Crippen LogP contribution in [0.15, 0.2) is 42.5 Å². The van der Waals surface area contributed by atoms with E-state index in [9.17, 15) is 9.59 Å². The minimum atomic E-state index is -1.03. The molecule has 0 saturated carbocycles. The van der Waals surface area contributed by atoms with Gasteiger partial charge in [0.1, 0.15) is 5.75 Å². The Balaban J connectivity index is 2.06. The molecule has 2 aromatic carbocycles. The molecule has 1 heterocycles. The first kappa shape index (κ1) is 14.8. The maximum absolute atomic E-state index is 12.2. The summed E-state index contributed by atoms with van der Waals surface area (Å²) in [6, 6.07) is 12.1. The standard InChI is InChI=1S/C18H15NO4/c1-2-23-16-6-4-3-5-11(16)9-14-13-8-7-12(18(21)22)10-15(13)19-17(14)20/h3-10H,2H2,1H3,(H,19,20)(H,21,22)/b14-9-. The zero-order valence-corrected chi connectivity index (χ0v) is 12.5. The molecule has 1 aliphatic rings. The van der Waals surface area contributed by atoms with Crippen molar-refractivity contribution in [3.63, 3.8) is 0 Å². The molecule has 0 saturated heterocycles. The Bertz CT molecular complexity index is 824. The third-order valence-corrected chi connectivity index (χ3v) is 3.57. The summed E-state index contributed by atoms with van der Waals surface area (Å²) in [5, 5.41) is 11.7. The zero-order chi connectivity index (χ0) is 16.4. The normalized spacial score (nSPS) is 14.5. The van der Waals surface area contributed by atoms with Gasteiger partial charge in [0.15, 0.2) is 0 Å². The zero-order valence-electron chi connectivity index (χ0n) is 12.5. The summed E-state index contributed by atoms with van der Waals surface area (Å²) in [5.41, 5.74) is 2.63. The molecule has 5 heteroatoms. The molecule has 0 fully saturated rings. The maximum atomic E-state index is 12.2. The molecule has 2 aromatic rings. The number of carboxylic acid groups (broad SMARTS) is 1. The number of anilines is 1. The molecule has 5 nitrogen and oxygen atoms in total. The van der Waals surface area contributed by atoms with Crippen LogP contribution < -0.4 is 10.1 Å². The molecule has 0 unspecified atom stereocenters. The molecule has 1 aliphatic heterocycles. The average molecular weight is 309 g/mol. The van der Waals surface area contributed by atoms with E-state index in [4.69, 9.17) is 9.84 Å². The van der Waals surface area contributed by atoms with Crippen molar-refractivity contribution < 1.29 is 19.4 Å². The second-order valence-corrected chi connectivity index (χ2v) is 5.05. The number of nitrogens with one attached hydrogen (secondary N) is 1. The number of amides is 1. The molecule has 0 bridgehead atoms. The highest BCUT2D eigenvalue weighted by molar-refractivity contribution is 6.35. The lowest BCUT2D eigenvalue weighted by Crippen LogP contribution is -2.04. The molecule has 0 atom stereocenters. The van der Waals surface area contributed by atoms with Gasteiger partial charge < -0.3 is 15.2 Å². The van der Waals surface area contributed by atoms with Gasteiger partial charge in [0.2, 0.25) is 0 Å². The number of rotatable bonds is 4. The second kappa shape index (κ2) is 5.96. The molecular formula is C18H15NO4. The Morgan fingerprint density at radius 3 is 2.78 bits per heavy atom. The Kier molecular flexibility index (Phi) is 3.85. The molecule has 0 radical (unpaired) electrons. The quantitative estimate of drug-likeness (QED) is 0.850. The first-order valence-electron chi connectivity index (χ1n) is 7.22. The van der Waals surface area contributed by atoms with Crippen LogP contribution in [0.2, 0.25) is 0 Å². The monoisotopic (exact) mass is 309 g/mol. The van der Waals surface area contributed by atoms with Gasteiger partial charge in [-0.25, -0.2) is 4.79 Å². The fraction of sp³-hybridized carbons (Fsp3) is 0.111. The summed E-state index contributed by atoms with van der Waals surface area (Å²) in [5.74, 6) is -0.582. The molecule has 23 heavy (non-hydrogen) atoms. The van der Waals surface area contributed by atoms with Crippen molar-refractivity contribution in [1.29, 1.82) is 0 Å². The average Bonchev–Trinajstić information content (AvgIpc) is 2.84. The van der Waals surface area contributed by atoms with E-state index in [1.807, 2.05) is 31.2 Å². The number of fused-ring (bicyclic) bond motifs is 1. The van der Waals surface area contributed by atoms with Crippen LogP contribution >= 0.6 is 0 Å². The van der Waals surface area contributed by atoms with Crippen molar-refractivity contribution in [2.75, 3.05) is 11.9 Å². The molecule has 3 rings (SSSR count). The number of carboxylic acids is 1. The fourth-order valence-corrected chi connectivity index (χ4v) is 2.51. The molecule has 116 valence electrons. The van der Waals surface area contributed by atoms with Crippen molar-refractivity contribution in [3.8, 4) is 5.75 Å². The van der Waals surface area contributed by atoms with Crippen LogP contribution in [0.25, 0.3) is 11.6 Å². The summed E-state index contributed by atoms with van der Waals surface area (Å²) >= 11 is 0. The number of para-hydroxylation sites is 1. The van der Waals surface area contributed by atoms with Gasteiger partial charge in [0, 0.05) is 22.4 Å². The van der Waals surface area contributed by atoms with E-state index in [-0.39, 0.29) is 11.5 Å². The van der Waals surface area contributed by atoms with E-state index in [0.29, 0.717) is 29.2 Å². The minimum absolute atomic E-state index is 0.139. The van der Waals surface area contributed by atoms with Crippen LogP contribution in [0, 0.1) is 0 Å². The summed E-state index contributed by atoms with van der Waals surface area (Å²) in [4.78, 5) is 23.2. The van der Waals surface area contributed by atoms with Gasteiger partial charge in [-0.15, -0.1) is 0 Å². The van der Waals surface area contributed by atoms with Gasteiger partial charge in [0.25, 0.3) is 5.91 Å². The van der Waals surface area contributed by atoms with Crippen LogP contribution in [-0.2, 0) is 4.79 Å². The van der Waals surface area contributed by atoms with Gasteiger partial charge >= 0.3 is 5.97 Å². The second-order valence-electron chi connectivity index (χ2n) is 5.05. The van der Waals surface area contributed by atoms with Gasteiger partial charge in [-0.1, -0.05) is 24.3 Å². The smallest absolute Gasteiger partial charge is 0.335 e. The summed E-state index contributed by atoms with van der Waals surface area (Å²) in [6.45, 7) is 2.43. The van der Waals surface area contributed by atoms with E-state index in [0.717, 1.165) is 5.56 Å². The van der Waals surface area contributed by atoms with Crippen LogP contribution in [0.4, 0.5) is 5.69 Å². The summed E-state index contributed by atoms with van der Waals surface area (Å²) in [7, 11) is 0. The maximum Gasteiger partial charge on any atom is 0.335 e. The van der Waals surface area contributed by atoms with Gasteiger partial charge in [0.05, 0.1) is 12.2 Å². The van der Waals surface area contributed by atoms with E-state index < -0.39 is 5.97 Å². The Morgan fingerprint density at radius 2 is 2.04 bits per heavy atom. The Labute approximate surface area is 133 Å². The minimum Gasteiger partial charge on any atom is -0.493 e. The molecule has 2 N–H and O–H groups in total. The summed E-state index contributed by atoms with van der Waals surface area (Å²) < 4.78 is 5.57. The van der Waals surface area contributed by atoms with E-state index in [1.165, 1.54) is 12.1 Å². The van der Waals surface area contributed by atoms with E-state index in [1.54, 1.807) is 12.1 Å². The number of hydrogen-bond acceptors (Lipinski definition) is 3. The number of ether oxygens (including phenoxy) is 1. The topological polar surface area (TPSA) is 75.6 Å². The van der Waals surface area contributed by atoms with E-state index in [2.05, 4.69) is 5.32 Å². The van der Waals surface area contributed by atoms with Crippen molar-refractivity contribution in [1.82, 2.24) is 0 Å². The predicted molar refractivity (Wildman–Crippen MR) is 87.5 cm³/mol. The lowest BCUT2D eigenvalue weighted by Gasteiger charge is -2.07. The summed E-state index contributed by atoms with van der Waals surface area (Å²) in [6.07, 6.45) is 1.76. The predicted octanol–water partition coefficient (Wildman–Crippen LogP) is 3.28. The molecule has 1 amide bonds. The number of hydrogen-bond donors (Lipinski definition) is 2. The number of carbonyl (C=O) groups excluding carboxylic acids is 1. The van der Waals surface area contributed by atoms with Crippen LogP contribution in [0.5, 0.6) is 5.75 Å². The largest absolute Gasteiger partial charge is 0.493 e. The Morgan fingerprint density at radius 1 is 1.26 bits per heavy atom. The molecule has 0 spiro atoms. The lowest BCUT2D eigenvalue weighted by molar-refractivity contribution is -0.110. The molecule has 0 aliphatic carbocycles. The van der Waals surface area contributed by atoms with Crippen molar-refractivity contribution >= 4 is 29.2 Å². The number of carbonyl (C=O) groups is 2. The first-order chi connectivity index (χ1) is 11.1. The SMILES string of the molecule is CCOc1ccccc1/C=C1\C(=O)Nc2cc(C(=O)O)ccc21. The number of benzene rings is 2. The molecular weight excluding hydrogens is 294 g/mol. The van der Waals surface area contributed by atoms with Crippen molar-refractivity contribution in [2.45, 2.75) is 6.92 Å². The third-order valence-electron chi connectivity index (χ3n) is 3.57. The molecule has 0 aromatic heterocycles. The van der Waals surface area contributed by atoms with Crippen molar-refractivity contribution in [3.05, 3.63) is 59.2 Å². The van der Waals surface area contributed by atoms with Gasteiger partial charge in [-0.05, 0) is 31.2 Å². The van der Waals surface area contributed by atoms with Crippen molar-refractivity contribution in [2.24, 2.45) is 0 Å². The van der Waals surface area contributed by atoms with Crippen LogP contribution in [0.3, 0.4) is 0 Å². The number of aromatic carboxylic acids is 1. The highest BCUT2D eigenvalue weighted by atomic mass is 16.5. The van der Waals surface area contributed by atoms with E-state index >= 15 is 0 Å². The Hall–Kier alpha value is -3.08. The van der Waals surface area contributed by atoms with Gasteiger partial charge in [-0.3, -0.25) is 4.79 Å². The van der Waals surface area contributed by atoms with Crippen LogP contribution in [-0.4, -0.2) is 23.6 Å².